The number of Topliss-reactive ketones (excluding diaryl/α,β-unsaturated/α-hetero) is 2. The molecule has 0 amide bonds. The van der Waals surface area contributed by atoms with Crippen molar-refractivity contribution in [3.8, 4) is 0 Å². The maximum Gasteiger partial charge on any atom is 0.416 e. The third kappa shape index (κ3) is 6.18. The first-order chi connectivity index (χ1) is 14.9. The number of alkyl halides is 3. The van der Waals surface area contributed by atoms with Gasteiger partial charge in [0.05, 0.1) is 35.8 Å². The molecule has 5 atom stereocenters. The molecule has 0 bridgehead atoms. The first-order valence-corrected chi connectivity index (χ1v) is 9.65. The smallest absolute Gasteiger partial charge is 0.394 e. The Morgan fingerprint density at radius 3 is 2.28 bits per heavy atom. The third-order valence-electron chi connectivity index (χ3n) is 5.24. The van der Waals surface area contributed by atoms with E-state index in [4.69, 9.17) is 10.2 Å². The van der Waals surface area contributed by atoms with Crippen LogP contribution < -0.4 is 0 Å². The average molecular weight is 463 g/mol. The van der Waals surface area contributed by atoms with E-state index in [-0.39, 0.29) is 17.0 Å². The molecular weight excluding hydrogens is 439 g/mol. The number of aliphatic imine (C=N–C) groups is 1. The molecule has 1 aliphatic heterocycles. The second-order valence-electron chi connectivity index (χ2n) is 7.57. The molecule has 32 heavy (non-hydrogen) atoms. The second-order valence-corrected chi connectivity index (χ2v) is 7.57. The van der Waals surface area contributed by atoms with Crippen molar-refractivity contribution in [2.75, 3.05) is 13.2 Å². The van der Waals surface area contributed by atoms with E-state index < -0.39 is 86.1 Å². The van der Waals surface area contributed by atoms with Gasteiger partial charge in [0.2, 0.25) is 0 Å². The van der Waals surface area contributed by atoms with Gasteiger partial charge in [0.1, 0.15) is 18.8 Å². The summed E-state index contributed by atoms with van der Waals surface area (Å²) in [5, 5.41) is 58.3. The molecule has 1 aromatic carbocycles. The van der Waals surface area contributed by atoms with Crippen LogP contribution in [0.15, 0.2) is 23.2 Å². The Balaban J connectivity index is 2.28. The molecule has 0 aliphatic carbocycles. The van der Waals surface area contributed by atoms with Gasteiger partial charge < -0.3 is 30.6 Å². The lowest BCUT2D eigenvalue weighted by atomic mass is 9.83. The topological polar surface area (TPSA) is 168 Å². The molecule has 0 radical (unpaired) electrons. The van der Waals surface area contributed by atoms with Gasteiger partial charge in [-0.2, -0.15) is 13.2 Å². The first kappa shape index (κ1) is 26.0. The molecule has 1 heterocycles. The van der Waals surface area contributed by atoms with Gasteiger partial charge in [-0.25, -0.2) is 4.99 Å². The van der Waals surface area contributed by atoms with Crippen LogP contribution in [0.2, 0.25) is 0 Å². The number of ketones is 2. The molecule has 0 saturated heterocycles. The maximum absolute atomic E-state index is 12.9. The molecule has 9 nitrogen and oxygen atoms in total. The quantitative estimate of drug-likeness (QED) is 0.265. The lowest BCUT2D eigenvalue weighted by Gasteiger charge is -2.32. The fourth-order valence-corrected chi connectivity index (χ4v) is 3.40. The Hall–Kier alpha value is -2.22. The van der Waals surface area contributed by atoms with Gasteiger partial charge in [-0.1, -0.05) is 0 Å². The van der Waals surface area contributed by atoms with E-state index >= 15 is 0 Å². The number of hydrogen-bond donors (Lipinski definition) is 6. The van der Waals surface area contributed by atoms with Crippen molar-refractivity contribution in [3.05, 3.63) is 29.3 Å². The first-order valence-electron chi connectivity index (χ1n) is 9.65. The number of aliphatic hydroxyl groups is 6. The standard InChI is InChI=1S/C20H24F3NO8/c21-20(22,23)10-1-2-13-9(3-10)4-16(29)14(24-13)6-15(28)12(5-11(27)7-25)18(31)19(32)17(30)8-26/h1-3,12,15,17-19,25-26,28,30-32H,4-8H2/t12-,15-,17-,18?,19-/m1/s1. The third-order valence-corrected chi connectivity index (χ3v) is 5.24. The number of halogens is 3. The van der Waals surface area contributed by atoms with Crippen molar-refractivity contribution in [2.24, 2.45) is 10.9 Å². The van der Waals surface area contributed by atoms with Crippen LogP contribution >= 0.6 is 0 Å². The normalized spacial score (nSPS) is 18.9. The summed E-state index contributed by atoms with van der Waals surface area (Å²) in [7, 11) is 0. The summed E-state index contributed by atoms with van der Waals surface area (Å²) in [6.45, 7) is -1.85. The minimum absolute atomic E-state index is 0.0524. The Labute approximate surface area is 180 Å². The highest BCUT2D eigenvalue weighted by atomic mass is 19.4. The molecule has 0 fully saturated rings. The van der Waals surface area contributed by atoms with E-state index in [1.54, 1.807) is 0 Å². The molecular formula is C20H24F3NO8. The van der Waals surface area contributed by atoms with Crippen molar-refractivity contribution in [1.82, 2.24) is 0 Å². The Morgan fingerprint density at radius 1 is 1.06 bits per heavy atom. The van der Waals surface area contributed by atoms with Crippen molar-refractivity contribution in [2.45, 2.75) is 49.9 Å². The fraction of sp³-hybridized carbons (Fsp3) is 0.550. The molecule has 12 heteroatoms. The van der Waals surface area contributed by atoms with Gasteiger partial charge in [0.15, 0.2) is 11.6 Å². The Bertz CT molecular complexity index is 873. The molecule has 6 N–H and O–H groups in total. The highest BCUT2D eigenvalue weighted by molar-refractivity contribution is 6.41. The predicted octanol–water partition coefficient (Wildman–Crippen LogP) is -0.703. The fourth-order valence-electron chi connectivity index (χ4n) is 3.40. The average Bonchev–Trinajstić information content (AvgIpc) is 2.74. The summed E-state index contributed by atoms with van der Waals surface area (Å²) in [6, 6.07) is 2.69. The van der Waals surface area contributed by atoms with Gasteiger partial charge >= 0.3 is 6.18 Å². The molecule has 0 spiro atoms. The summed E-state index contributed by atoms with van der Waals surface area (Å²) < 4.78 is 38.6. The molecule has 0 saturated carbocycles. The van der Waals surface area contributed by atoms with E-state index in [9.17, 15) is 43.2 Å². The number of rotatable bonds is 10. The summed E-state index contributed by atoms with van der Waals surface area (Å²) in [5.41, 5.74) is -1.00. The predicted molar refractivity (Wildman–Crippen MR) is 103 cm³/mol. The SMILES string of the molecule is O=C(CO)C[C@@H](C(O)[C@H](O)[C@H](O)CO)[C@H](O)CC1=Nc2ccc(C(F)(F)F)cc2CC1=O. The van der Waals surface area contributed by atoms with Crippen molar-refractivity contribution < 1.29 is 53.4 Å². The van der Waals surface area contributed by atoms with Crippen LogP contribution in [-0.2, 0) is 22.2 Å². The molecule has 178 valence electrons. The highest BCUT2D eigenvalue weighted by Gasteiger charge is 2.38. The molecule has 0 aromatic heterocycles. The van der Waals surface area contributed by atoms with Crippen molar-refractivity contribution >= 4 is 23.0 Å². The number of carbonyl (C=O) groups excluding carboxylic acids is 2. The summed E-state index contributed by atoms with van der Waals surface area (Å²) in [6.07, 6.45) is -13.4. The summed E-state index contributed by atoms with van der Waals surface area (Å²) in [4.78, 5) is 28.1. The van der Waals surface area contributed by atoms with Gasteiger partial charge in [0.25, 0.3) is 0 Å². The molecule has 1 aliphatic rings. The van der Waals surface area contributed by atoms with Crippen LogP contribution in [-0.4, -0.2) is 85.5 Å². The Morgan fingerprint density at radius 2 is 1.72 bits per heavy atom. The second kappa shape index (κ2) is 10.6. The van der Waals surface area contributed by atoms with E-state index in [1.165, 1.54) is 0 Å². The number of hydrogen-bond acceptors (Lipinski definition) is 9. The zero-order chi connectivity index (χ0) is 24.2. The monoisotopic (exact) mass is 463 g/mol. The summed E-state index contributed by atoms with van der Waals surface area (Å²) >= 11 is 0. The van der Waals surface area contributed by atoms with Crippen LogP contribution in [0.4, 0.5) is 18.9 Å². The van der Waals surface area contributed by atoms with E-state index in [0.717, 1.165) is 18.2 Å². The number of benzene rings is 1. The zero-order valence-corrected chi connectivity index (χ0v) is 16.7. The summed E-state index contributed by atoms with van der Waals surface area (Å²) in [5.74, 6) is -2.93. The van der Waals surface area contributed by atoms with E-state index in [1.807, 2.05) is 0 Å². The lowest BCUT2D eigenvalue weighted by Crippen LogP contribution is -2.48. The van der Waals surface area contributed by atoms with Crippen LogP contribution in [0.3, 0.4) is 0 Å². The van der Waals surface area contributed by atoms with Crippen LogP contribution in [0, 0.1) is 5.92 Å². The molecule has 2 rings (SSSR count). The number of nitrogens with zero attached hydrogens (tertiary/aromatic N) is 1. The number of fused-ring (bicyclic) bond motifs is 1. The van der Waals surface area contributed by atoms with Crippen LogP contribution in [0.25, 0.3) is 0 Å². The number of aliphatic hydroxyl groups excluding tert-OH is 6. The van der Waals surface area contributed by atoms with Crippen molar-refractivity contribution in [1.29, 1.82) is 0 Å². The molecule has 1 unspecified atom stereocenters. The zero-order valence-electron chi connectivity index (χ0n) is 16.7. The number of carbonyl (C=O) groups is 2. The highest BCUT2D eigenvalue weighted by Crippen LogP contribution is 2.35. The molecule has 1 aromatic rings. The van der Waals surface area contributed by atoms with Gasteiger partial charge in [-0.3, -0.25) is 9.59 Å². The van der Waals surface area contributed by atoms with Crippen LogP contribution in [0.5, 0.6) is 0 Å². The largest absolute Gasteiger partial charge is 0.416 e. The van der Waals surface area contributed by atoms with E-state index in [0.29, 0.717) is 0 Å². The lowest BCUT2D eigenvalue weighted by molar-refractivity contribution is -0.137. The van der Waals surface area contributed by atoms with E-state index in [2.05, 4.69) is 4.99 Å². The van der Waals surface area contributed by atoms with Crippen molar-refractivity contribution in [3.63, 3.8) is 0 Å². The van der Waals surface area contributed by atoms with Gasteiger partial charge in [0, 0.05) is 25.2 Å². The minimum atomic E-state index is -4.60. The maximum atomic E-state index is 12.9. The minimum Gasteiger partial charge on any atom is -0.394 e. The van der Waals surface area contributed by atoms with Crippen LogP contribution in [0.1, 0.15) is 24.0 Å². The van der Waals surface area contributed by atoms with Gasteiger partial charge in [-0.05, 0) is 23.8 Å². The van der Waals surface area contributed by atoms with Gasteiger partial charge in [-0.15, -0.1) is 0 Å². The Kier molecular flexibility index (Phi) is 8.62.